The maximum atomic E-state index is 12.7. The number of aromatic nitrogens is 1. The number of hydrogen-bond donors (Lipinski definition) is 1. The van der Waals surface area contributed by atoms with Gasteiger partial charge in [-0.25, -0.2) is 4.79 Å². The summed E-state index contributed by atoms with van der Waals surface area (Å²) in [7, 11) is 0. The highest BCUT2D eigenvalue weighted by molar-refractivity contribution is 8.00. The Morgan fingerprint density at radius 2 is 2.30 bits per heavy atom. The van der Waals surface area contributed by atoms with E-state index in [0.717, 1.165) is 18.4 Å². The first-order valence-corrected chi connectivity index (χ1v) is 7.69. The van der Waals surface area contributed by atoms with E-state index >= 15 is 0 Å². The van der Waals surface area contributed by atoms with Gasteiger partial charge in [-0.15, -0.1) is 11.8 Å². The number of carboxylic acid groups (broad SMARTS) is 1. The van der Waals surface area contributed by atoms with Gasteiger partial charge in [-0.3, -0.25) is 9.78 Å². The van der Waals surface area contributed by atoms with Crippen LogP contribution in [0.3, 0.4) is 0 Å². The summed E-state index contributed by atoms with van der Waals surface area (Å²) in [6.07, 6.45) is 3.27. The Morgan fingerprint density at radius 1 is 1.55 bits per heavy atom. The van der Waals surface area contributed by atoms with Gasteiger partial charge in [0.25, 0.3) is 5.91 Å². The Morgan fingerprint density at radius 3 is 2.90 bits per heavy atom. The number of thioether (sulfide) groups is 1. The zero-order chi connectivity index (χ0) is 14.7. The summed E-state index contributed by atoms with van der Waals surface area (Å²) >= 11 is 1.54. The van der Waals surface area contributed by atoms with Crippen molar-refractivity contribution in [1.29, 1.82) is 0 Å². The van der Waals surface area contributed by atoms with Gasteiger partial charge in [0.05, 0.1) is 5.37 Å². The third-order valence-corrected chi connectivity index (χ3v) is 4.72. The van der Waals surface area contributed by atoms with Gasteiger partial charge in [0.1, 0.15) is 11.7 Å². The molecule has 2 atom stereocenters. The van der Waals surface area contributed by atoms with Crippen LogP contribution in [0.25, 0.3) is 0 Å². The molecule has 1 aromatic rings. The summed E-state index contributed by atoms with van der Waals surface area (Å²) in [5.74, 6) is -0.783. The van der Waals surface area contributed by atoms with Crippen molar-refractivity contribution in [2.24, 2.45) is 0 Å². The third-order valence-electron chi connectivity index (χ3n) is 3.36. The molecule has 0 radical (unpaired) electrons. The zero-order valence-electron chi connectivity index (χ0n) is 11.6. The van der Waals surface area contributed by atoms with E-state index in [-0.39, 0.29) is 11.3 Å². The summed E-state index contributed by atoms with van der Waals surface area (Å²) in [6.45, 7) is 3.84. The van der Waals surface area contributed by atoms with Crippen LogP contribution in [0.2, 0.25) is 0 Å². The van der Waals surface area contributed by atoms with Gasteiger partial charge in [-0.1, -0.05) is 19.4 Å². The van der Waals surface area contributed by atoms with Crippen LogP contribution in [0.15, 0.2) is 18.3 Å². The first-order valence-electron chi connectivity index (χ1n) is 6.65. The zero-order valence-corrected chi connectivity index (χ0v) is 12.4. The van der Waals surface area contributed by atoms with Gasteiger partial charge < -0.3 is 10.0 Å². The van der Waals surface area contributed by atoms with Crippen LogP contribution in [0.5, 0.6) is 0 Å². The minimum absolute atomic E-state index is 0.0741. The predicted molar refractivity (Wildman–Crippen MR) is 77.7 cm³/mol. The van der Waals surface area contributed by atoms with Gasteiger partial charge in [0, 0.05) is 11.9 Å². The first kappa shape index (κ1) is 14.8. The Kier molecular flexibility index (Phi) is 4.65. The Bertz CT molecular complexity index is 521. The largest absolute Gasteiger partial charge is 0.480 e. The third kappa shape index (κ3) is 2.80. The minimum Gasteiger partial charge on any atom is -0.480 e. The minimum atomic E-state index is -0.946. The molecule has 0 aliphatic carbocycles. The molecule has 0 saturated carbocycles. The van der Waals surface area contributed by atoms with Crippen molar-refractivity contribution >= 4 is 23.6 Å². The molecule has 0 aromatic carbocycles. The van der Waals surface area contributed by atoms with Crippen LogP contribution in [-0.2, 0) is 4.79 Å². The molecule has 108 valence electrons. The molecule has 5 nitrogen and oxygen atoms in total. The number of carbonyl (C=O) groups is 2. The normalized spacial score (nSPS) is 22.0. The molecule has 2 heterocycles. The van der Waals surface area contributed by atoms with Crippen molar-refractivity contribution in [3.8, 4) is 0 Å². The van der Waals surface area contributed by atoms with Crippen molar-refractivity contribution in [3.05, 3.63) is 29.6 Å². The van der Waals surface area contributed by atoms with Crippen LogP contribution >= 0.6 is 11.8 Å². The molecule has 2 unspecified atom stereocenters. The molecule has 1 aliphatic rings. The second-order valence-electron chi connectivity index (χ2n) is 4.81. The van der Waals surface area contributed by atoms with Crippen LogP contribution in [0.1, 0.15) is 35.8 Å². The molecule has 1 fully saturated rings. The van der Waals surface area contributed by atoms with E-state index in [2.05, 4.69) is 4.98 Å². The second kappa shape index (κ2) is 6.26. The Balaban J connectivity index is 2.32. The molecule has 2 rings (SSSR count). The number of carboxylic acids is 1. The fraction of sp³-hybridized carbons (Fsp3) is 0.500. The smallest absolute Gasteiger partial charge is 0.327 e. The lowest BCUT2D eigenvalue weighted by Gasteiger charge is -2.27. The lowest BCUT2D eigenvalue weighted by atomic mass is 10.1. The molecular formula is C14H18N2O3S. The van der Waals surface area contributed by atoms with E-state index in [1.807, 2.05) is 19.9 Å². The summed E-state index contributed by atoms with van der Waals surface area (Å²) in [6, 6.07) is 2.82. The van der Waals surface area contributed by atoms with Gasteiger partial charge in [-0.05, 0) is 25.0 Å². The fourth-order valence-electron chi connectivity index (χ4n) is 2.33. The number of aryl methyl sites for hydroxylation is 1. The molecule has 1 saturated heterocycles. The molecule has 0 bridgehead atoms. The quantitative estimate of drug-likeness (QED) is 0.921. The van der Waals surface area contributed by atoms with Gasteiger partial charge in [0.15, 0.2) is 0 Å². The van der Waals surface area contributed by atoms with Crippen molar-refractivity contribution in [3.63, 3.8) is 0 Å². The van der Waals surface area contributed by atoms with Crippen molar-refractivity contribution in [2.45, 2.75) is 38.1 Å². The maximum Gasteiger partial charge on any atom is 0.327 e. The van der Waals surface area contributed by atoms with Crippen molar-refractivity contribution in [2.75, 3.05) is 5.75 Å². The number of pyridine rings is 1. The number of carbonyl (C=O) groups excluding carboxylic acids is 1. The standard InChI is InChI=1S/C14H18N2O3S/c1-3-5-11-16(10(8-20-11)14(18)19)13(17)12-9(2)6-4-7-15-12/h4,6-7,10-11H,3,5,8H2,1-2H3,(H,18,19). The molecule has 1 amide bonds. The topological polar surface area (TPSA) is 70.5 Å². The summed E-state index contributed by atoms with van der Waals surface area (Å²) < 4.78 is 0. The van der Waals surface area contributed by atoms with E-state index in [1.165, 1.54) is 16.7 Å². The average molecular weight is 294 g/mol. The summed E-state index contributed by atoms with van der Waals surface area (Å²) in [5, 5.41) is 9.23. The maximum absolute atomic E-state index is 12.7. The van der Waals surface area contributed by atoms with Gasteiger partial charge in [-0.2, -0.15) is 0 Å². The van der Waals surface area contributed by atoms with E-state index in [4.69, 9.17) is 0 Å². The molecule has 1 aromatic heterocycles. The fourth-order valence-corrected chi connectivity index (χ4v) is 3.84. The highest BCUT2D eigenvalue weighted by atomic mass is 32.2. The van der Waals surface area contributed by atoms with E-state index in [9.17, 15) is 14.7 Å². The number of rotatable bonds is 4. The first-order chi connectivity index (χ1) is 9.56. The van der Waals surface area contributed by atoms with Crippen molar-refractivity contribution < 1.29 is 14.7 Å². The Hall–Kier alpha value is -1.56. The number of hydrogen-bond acceptors (Lipinski definition) is 4. The molecule has 1 N–H and O–H groups in total. The summed E-state index contributed by atoms with van der Waals surface area (Å²) in [5.41, 5.74) is 1.12. The number of aliphatic carboxylic acids is 1. The average Bonchev–Trinajstić information content (AvgIpc) is 2.83. The highest BCUT2D eigenvalue weighted by Gasteiger charge is 2.42. The molecular weight excluding hydrogens is 276 g/mol. The van der Waals surface area contributed by atoms with Crippen LogP contribution < -0.4 is 0 Å². The number of amides is 1. The van der Waals surface area contributed by atoms with E-state index in [1.54, 1.807) is 12.3 Å². The van der Waals surface area contributed by atoms with Gasteiger partial charge >= 0.3 is 5.97 Å². The molecule has 6 heteroatoms. The van der Waals surface area contributed by atoms with E-state index in [0.29, 0.717) is 11.4 Å². The van der Waals surface area contributed by atoms with Crippen molar-refractivity contribution in [1.82, 2.24) is 9.88 Å². The molecule has 0 spiro atoms. The molecule has 1 aliphatic heterocycles. The number of nitrogens with zero attached hydrogens (tertiary/aromatic N) is 2. The van der Waals surface area contributed by atoms with E-state index < -0.39 is 12.0 Å². The van der Waals surface area contributed by atoms with Crippen LogP contribution in [-0.4, -0.2) is 44.0 Å². The Labute approximate surface area is 122 Å². The van der Waals surface area contributed by atoms with Crippen LogP contribution in [0.4, 0.5) is 0 Å². The lowest BCUT2D eigenvalue weighted by molar-refractivity contribution is -0.141. The highest BCUT2D eigenvalue weighted by Crippen LogP contribution is 2.33. The second-order valence-corrected chi connectivity index (χ2v) is 6.02. The predicted octanol–water partition coefficient (Wildman–Crippen LogP) is 2.16. The van der Waals surface area contributed by atoms with Gasteiger partial charge in [0.2, 0.25) is 0 Å². The SMILES string of the molecule is CCCC1SCC(C(=O)O)N1C(=O)c1ncccc1C. The monoisotopic (exact) mass is 294 g/mol. The van der Waals surface area contributed by atoms with Crippen LogP contribution in [0, 0.1) is 6.92 Å². The summed E-state index contributed by atoms with van der Waals surface area (Å²) in [4.78, 5) is 29.6. The lowest BCUT2D eigenvalue weighted by Crippen LogP contribution is -2.46. The molecule has 20 heavy (non-hydrogen) atoms.